The molecule has 0 aliphatic heterocycles. The molecule has 0 atom stereocenters. The zero-order valence-corrected chi connectivity index (χ0v) is 10.4. The summed E-state index contributed by atoms with van der Waals surface area (Å²) in [7, 11) is 0. The van der Waals surface area contributed by atoms with Crippen molar-refractivity contribution in [1.82, 2.24) is 0 Å². The molecular formula is C6H8Li4O7+4. The average Bonchev–Trinajstić information content (AvgIpc) is 1.82. The van der Waals surface area contributed by atoms with Crippen LogP contribution < -0.4 is 75.4 Å². The van der Waals surface area contributed by atoms with Crippen LogP contribution in [0.2, 0.25) is 0 Å². The van der Waals surface area contributed by atoms with Gasteiger partial charge in [0.2, 0.25) is 0 Å². The van der Waals surface area contributed by atoms with Crippen LogP contribution in [0.1, 0.15) is 12.8 Å². The molecule has 0 saturated carbocycles. The fraction of sp³-hybridized carbons (Fsp3) is 0.500. The molecule has 0 saturated heterocycles. The van der Waals surface area contributed by atoms with E-state index < -0.39 is 36.4 Å². The maximum Gasteiger partial charge on any atom is 1.00 e. The number of aliphatic hydroxyl groups is 1. The van der Waals surface area contributed by atoms with E-state index in [2.05, 4.69) is 0 Å². The first-order chi connectivity index (χ1) is 5.78. The maximum atomic E-state index is 10.3. The van der Waals surface area contributed by atoms with Gasteiger partial charge in [0, 0.05) is 0 Å². The zero-order valence-electron chi connectivity index (χ0n) is 10.4. The molecule has 4 N–H and O–H groups in total. The largest absolute Gasteiger partial charge is 1.00 e. The second-order valence-electron chi connectivity index (χ2n) is 2.48. The fourth-order valence-corrected chi connectivity index (χ4v) is 0.714. The van der Waals surface area contributed by atoms with Crippen LogP contribution >= 0.6 is 0 Å². The van der Waals surface area contributed by atoms with Crippen molar-refractivity contribution < 1.29 is 110 Å². The van der Waals surface area contributed by atoms with E-state index in [-0.39, 0.29) is 75.4 Å². The average molecular weight is 220 g/mol. The molecule has 0 amide bonds. The minimum absolute atomic E-state index is 0. The van der Waals surface area contributed by atoms with Crippen LogP contribution in [-0.2, 0) is 14.4 Å². The second-order valence-corrected chi connectivity index (χ2v) is 2.48. The van der Waals surface area contributed by atoms with Crippen molar-refractivity contribution in [2.24, 2.45) is 0 Å². The third kappa shape index (κ3) is 13.0. The van der Waals surface area contributed by atoms with Gasteiger partial charge < -0.3 is 20.4 Å². The third-order valence-electron chi connectivity index (χ3n) is 1.29. The summed E-state index contributed by atoms with van der Waals surface area (Å²) in [4.78, 5) is 30.5. The van der Waals surface area contributed by atoms with Crippen LogP contribution in [-0.4, -0.2) is 43.9 Å². The van der Waals surface area contributed by atoms with E-state index in [9.17, 15) is 14.4 Å². The van der Waals surface area contributed by atoms with Gasteiger partial charge in [-0.1, -0.05) is 0 Å². The molecule has 0 aliphatic carbocycles. The predicted molar refractivity (Wildman–Crippen MR) is 37.1 cm³/mol. The number of hydrogen-bond acceptors (Lipinski definition) is 4. The molecule has 0 fully saturated rings. The first kappa shape index (κ1) is 30.6. The van der Waals surface area contributed by atoms with E-state index >= 15 is 0 Å². The Morgan fingerprint density at radius 2 is 1.00 bits per heavy atom. The van der Waals surface area contributed by atoms with Crippen LogP contribution in [0.3, 0.4) is 0 Å². The topological polar surface area (TPSA) is 132 Å². The Balaban J connectivity index is -0.000000120. The van der Waals surface area contributed by atoms with Gasteiger partial charge in [0.15, 0.2) is 5.60 Å². The molecule has 0 aliphatic rings. The molecule has 0 heterocycles. The number of aliphatic carboxylic acids is 3. The van der Waals surface area contributed by atoms with Crippen LogP contribution in [0.4, 0.5) is 0 Å². The Bertz CT molecular complexity index is 241. The molecule has 0 unspecified atom stereocenters. The molecule has 0 aromatic rings. The SMILES string of the molecule is O=C(O)CC(O)(CC(=O)O)C(=O)O.[Li+].[Li+].[Li+].[Li+]. The Labute approximate surface area is 145 Å². The van der Waals surface area contributed by atoms with E-state index in [0.717, 1.165) is 0 Å². The van der Waals surface area contributed by atoms with E-state index in [1.807, 2.05) is 0 Å². The molecule has 0 aromatic carbocycles. The number of hydrogen-bond donors (Lipinski definition) is 4. The third-order valence-corrected chi connectivity index (χ3v) is 1.29. The fourth-order valence-electron chi connectivity index (χ4n) is 0.714. The normalized spacial score (nSPS) is 8.29. The minimum Gasteiger partial charge on any atom is -0.481 e. The number of rotatable bonds is 5. The monoisotopic (exact) mass is 220 g/mol. The number of carboxylic acid groups (broad SMARTS) is 3. The summed E-state index contributed by atoms with van der Waals surface area (Å²) >= 11 is 0. The van der Waals surface area contributed by atoms with Gasteiger partial charge in [-0.05, 0) is 0 Å². The minimum atomic E-state index is -2.74. The van der Waals surface area contributed by atoms with Gasteiger partial charge in [0.05, 0.1) is 12.8 Å². The molecule has 0 rings (SSSR count). The van der Waals surface area contributed by atoms with E-state index in [1.54, 1.807) is 0 Å². The molecule has 0 radical (unpaired) electrons. The van der Waals surface area contributed by atoms with E-state index in [4.69, 9.17) is 20.4 Å². The Kier molecular flexibility index (Phi) is 23.8. The van der Waals surface area contributed by atoms with Gasteiger partial charge >= 0.3 is 93.4 Å². The van der Waals surface area contributed by atoms with Gasteiger partial charge in [-0.2, -0.15) is 0 Å². The van der Waals surface area contributed by atoms with E-state index in [0.29, 0.717) is 0 Å². The summed E-state index contributed by atoms with van der Waals surface area (Å²) in [5, 5.41) is 33.8. The molecular weight excluding hydrogens is 212 g/mol. The van der Waals surface area contributed by atoms with Gasteiger partial charge in [-0.25, -0.2) is 4.79 Å². The second kappa shape index (κ2) is 13.2. The summed E-state index contributed by atoms with van der Waals surface area (Å²) in [6, 6.07) is 0. The van der Waals surface area contributed by atoms with Crippen molar-refractivity contribution in [3.8, 4) is 0 Å². The molecule has 0 aromatic heterocycles. The van der Waals surface area contributed by atoms with Crippen LogP contribution in [0, 0.1) is 0 Å². The van der Waals surface area contributed by atoms with Crippen molar-refractivity contribution in [3.05, 3.63) is 0 Å². The maximum absolute atomic E-state index is 10.3. The number of carbonyl (C=O) groups is 3. The van der Waals surface area contributed by atoms with Crippen LogP contribution in [0.5, 0.6) is 0 Å². The molecule has 11 heteroatoms. The molecule has 74 valence electrons. The van der Waals surface area contributed by atoms with Crippen molar-refractivity contribution >= 4 is 17.9 Å². The Morgan fingerprint density at radius 1 is 0.765 bits per heavy atom. The van der Waals surface area contributed by atoms with Crippen LogP contribution in [0.15, 0.2) is 0 Å². The smallest absolute Gasteiger partial charge is 0.481 e. The van der Waals surface area contributed by atoms with Crippen molar-refractivity contribution in [2.45, 2.75) is 18.4 Å². The quantitative estimate of drug-likeness (QED) is 0.338. The van der Waals surface area contributed by atoms with Gasteiger partial charge in [0.25, 0.3) is 0 Å². The first-order valence-corrected chi connectivity index (χ1v) is 3.17. The summed E-state index contributed by atoms with van der Waals surface area (Å²) in [5.41, 5.74) is -2.74. The summed E-state index contributed by atoms with van der Waals surface area (Å²) < 4.78 is 0. The standard InChI is InChI=1S/C6H8O7.4Li/c7-3(8)1-6(13,5(11)12)2-4(9)10;;;;/h13H,1-2H2,(H,7,8)(H,9,10)(H,11,12);;;;/q;4*+1. The zero-order chi connectivity index (χ0) is 10.6. The number of carboxylic acids is 3. The Hall–Kier alpha value is 0.760. The predicted octanol–water partition coefficient (Wildman–Crippen LogP) is -13.2. The molecule has 0 spiro atoms. The first-order valence-electron chi connectivity index (χ1n) is 3.17. The van der Waals surface area contributed by atoms with Gasteiger partial charge in [-0.3, -0.25) is 9.59 Å². The molecule has 7 nitrogen and oxygen atoms in total. The van der Waals surface area contributed by atoms with Gasteiger partial charge in [0.1, 0.15) is 0 Å². The Morgan fingerprint density at radius 3 is 1.12 bits per heavy atom. The van der Waals surface area contributed by atoms with Crippen molar-refractivity contribution in [2.75, 3.05) is 0 Å². The van der Waals surface area contributed by atoms with Crippen LogP contribution in [0.25, 0.3) is 0 Å². The molecule has 0 bridgehead atoms. The van der Waals surface area contributed by atoms with E-state index in [1.165, 1.54) is 0 Å². The summed E-state index contributed by atoms with van der Waals surface area (Å²) in [5.74, 6) is -5.02. The van der Waals surface area contributed by atoms with Crippen molar-refractivity contribution in [1.29, 1.82) is 0 Å². The van der Waals surface area contributed by atoms with Gasteiger partial charge in [-0.15, -0.1) is 0 Å². The summed E-state index contributed by atoms with van der Waals surface area (Å²) in [6.07, 6.45) is -2.29. The summed E-state index contributed by atoms with van der Waals surface area (Å²) in [6.45, 7) is 0. The van der Waals surface area contributed by atoms with Crippen molar-refractivity contribution in [3.63, 3.8) is 0 Å². The molecule has 17 heavy (non-hydrogen) atoms.